The number of nitrogens with zero attached hydrogens (tertiary/aromatic N) is 1. The van der Waals surface area contributed by atoms with E-state index < -0.39 is 0 Å². The van der Waals surface area contributed by atoms with Crippen LogP contribution in [0, 0.1) is 3.57 Å². The lowest BCUT2D eigenvalue weighted by Gasteiger charge is -2.37. The van der Waals surface area contributed by atoms with Gasteiger partial charge in [-0.05, 0) is 47.7 Å². The van der Waals surface area contributed by atoms with Crippen LogP contribution in [0.15, 0.2) is 22.7 Å². The highest BCUT2D eigenvalue weighted by molar-refractivity contribution is 14.1. The Balaban J connectivity index is 2.25. The number of halogens is 2. The van der Waals surface area contributed by atoms with Crippen LogP contribution in [0.5, 0.6) is 0 Å². The Bertz CT molecular complexity index is 435. The van der Waals surface area contributed by atoms with Gasteiger partial charge in [-0.2, -0.15) is 0 Å². The third kappa shape index (κ3) is 2.82. The van der Waals surface area contributed by atoms with Crippen LogP contribution >= 0.6 is 38.5 Å². The van der Waals surface area contributed by atoms with Crippen molar-refractivity contribution < 1.29 is 4.79 Å². The van der Waals surface area contributed by atoms with Gasteiger partial charge in [-0.25, -0.2) is 0 Å². The maximum Gasteiger partial charge on any atom is 0.255 e. The normalized spacial score (nSPS) is 15.5. The zero-order chi connectivity index (χ0) is 12.4. The molecule has 0 radical (unpaired) electrons. The molecule has 1 saturated heterocycles. The lowest BCUT2D eigenvalue weighted by molar-refractivity contribution is 0.0629. The Labute approximate surface area is 123 Å². The van der Waals surface area contributed by atoms with Crippen molar-refractivity contribution in [2.45, 2.75) is 13.0 Å². The van der Waals surface area contributed by atoms with Crippen molar-refractivity contribution in [1.82, 2.24) is 10.2 Å². The SMILES string of the molecule is CCN(C(=O)c1cc(Br)ccc1I)C1CNC1. The van der Waals surface area contributed by atoms with Crippen LogP contribution in [0.3, 0.4) is 0 Å². The highest BCUT2D eigenvalue weighted by Crippen LogP contribution is 2.21. The molecule has 1 amide bonds. The Kier molecular flexibility index (Phi) is 4.43. The lowest BCUT2D eigenvalue weighted by Crippen LogP contribution is -2.58. The minimum atomic E-state index is 0.129. The highest BCUT2D eigenvalue weighted by Gasteiger charge is 2.28. The van der Waals surface area contributed by atoms with Gasteiger partial charge in [-0.15, -0.1) is 0 Å². The van der Waals surface area contributed by atoms with E-state index in [0.29, 0.717) is 6.04 Å². The summed E-state index contributed by atoms with van der Waals surface area (Å²) in [6.07, 6.45) is 0. The van der Waals surface area contributed by atoms with E-state index in [1.54, 1.807) is 0 Å². The molecular weight excluding hydrogens is 395 g/mol. The summed E-state index contributed by atoms with van der Waals surface area (Å²) in [4.78, 5) is 14.4. The minimum Gasteiger partial charge on any atom is -0.333 e. The molecule has 0 spiro atoms. The quantitative estimate of drug-likeness (QED) is 0.779. The largest absolute Gasteiger partial charge is 0.333 e. The summed E-state index contributed by atoms with van der Waals surface area (Å²) < 4.78 is 1.95. The molecular formula is C12H14BrIN2O. The molecule has 92 valence electrons. The van der Waals surface area contributed by atoms with Crippen LogP contribution in [0.2, 0.25) is 0 Å². The number of benzene rings is 1. The van der Waals surface area contributed by atoms with E-state index in [-0.39, 0.29) is 5.91 Å². The van der Waals surface area contributed by atoms with Crippen molar-refractivity contribution in [3.63, 3.8) is 0 Å². The monoisotopic (exact) mass is 408 g/mol. The maximum absolute atomic E-state index is 12.5. The summed E-state index contributed by atoms with van der Waals surface area (Å²) in [6, 6.07) is 6.17. The second-order valence-electron chi connectivity index (χ2n) is 4.03. The first-order chi connectivity index (χ1) is 8.13. The number of carbonyl (C=O) groups excluding carboxylic acids is 1. The molecule has 1 aromatic rings. The van der Waals surface area contributed by atoms with Gasteiger partial charge < -0.3 is 10.2 Å². The number of hydrogen-bond donors (Lipinski definition) is 1. The fourth-order valence-electron chi connectivity index (χ4n) is 1.88. The van der Waals surface area contributed by atoms with Crippen molar-refractivity contribution in [2.24, 2.45) is 0 Å². The molecule has 0 aliphatic carbocycles. The van der Waals surface area contributed by atoms with Crippen LogP contribution in [-0.4, -0.2) is 36.5 Å². The predicted octanol–water partition coefficient (Wildman–Crippen LogP) is 2.49. The van der Waals surface area contributed by atoms with E-state index in [9.17, 15) is 4.79 Å². The first-order valence-electron chi connectivity index (χ1n) is 5.60. The Morgan fingerprint density at radius 2 is 2.29 bits per heavy atom. The second kappa shape index (κ2) is 5.67. The third-order valence-corrected chi connectivity index (χ3v) is 4.39. The van der Waals surface area contributed by atoms with E-state index in [2.05, 4.69) is 43.8 Å². The Morgan fingerprint density at radius 3 is 2.82 bits per heavy atom. The molecule has 1 aromatic carbocycles. The number of nitrogens with one attached hydrogen (secondary N) is 1. The van der Waals surface area contributed by atoms with Gasteiger partial charge in [0.15, 0.2) is 0 Å². The summed E-state index contributed by atoms with van der Waals surface area (Å²) in [5.41, 5.74) is 0.786. The summed E-state index contributed by atoms with van der Waals surface area (Å²) in [6.45, 7) is 4.60. The van der Waals surface area contributed by atoms with Crippen LogP contribution < -0.4 is 5.32 Å². The Hall–Kier alpha value is -0.140. The van der Waals surface area contributed by atoms with Crippen LogP contribution in [0.4, 0.5) is 0 Å². The number of likely N-dealkylation sites (N-methyl/N-ethyl adjacent to an activating group) is 1. The van der Waals surface area contributed by atoms with Crippen LogP contribution in [-0.2, 0) is 0 Å². The van der Waals surface area contributed by atoms with Crippen molar-refractivity contribution in [1.29, 1.82) is 0 Å². The number of hydrogen-bond acceptors (Lipinski definition) is 2. The molecule has 0 aromatic heterocycles. The molecule has 1 fully saturated rings. The summed E-state index contributed by atoms with van der Waals surface area (Å²) in [7, 11) is 0. The maximum atomic E-state index is 12.5. The van der Waals surface area contributed by atoms with Gasteiger partial charge in [-0.1, -0.05) is 15.9 Å². The molecule has 2 rings (SSSR count). The molecule has 3 nitrogen and oxygen atoms in total. The van der Waals surface area contributed by atoms with E-state index in [0.717, 1.165) is 33.2 Å². The molecule has 1 heterocycles. The third-order valence-electron chi connectivity index (χ3n) is 2.96. The minimum absolute atomic E-state index is 0.129. The predicted molar refractivity (Wildman–Crippen MR) is 80.2 cm³/mol. The van der Waals surface area contributed by atoms with Crippen molar-refractivity contribution in [3.8, 4) is 0 Å². The topological polar surface area (TPSA) is 32.3 Å². The van der Waals surface area contributed by atoms with Crippen molar-refractivity contribution >= 4 is 44.4 Å². The van der Waals surface area contributed by atoms with E-state index in [1.165, 1.54) is 0 Å². The molecule has 1 N–H and O–H groups in total. The van der Waals surface area contributed by atoms with Crippen LogP contribution in [0.25, 0.3) is 0 Å². The standard InChI is InChI=1S/C12H14BrIN2O/c1-2-16(9-6-15-7-9)12(17)10-5-8(13)3-4-11(10)14/h3-5,9,15H,2,6-7H2,1H3. The molecule has 0 unspecified atom stereocenters. The van der Waals surface area contributed by atoms with Crippen LogP contribution in [0.1, 0.15) is 17.3 Å². The summed E-state index contributed by atoms with van der Waals surface area (Å²) in [5.74, 6) is 0.129. The van der Waals surface area contributed by atoms with E-state index in [4.69, 9.17) is 0 Å². The summed E-state index contributed by atoms with van der Waals surface area (Å²) >= 11 is 5.63. The molecule has 1 aliphatic heterocycles. The molecule has 1 aliphatic rings. The van der Waals surface area contributed by atoms with Gasteiger partial charge in [0, 0.05) is 27.7 Å². The molecule has 17 heavy (non-hydrogen) atoms. The first-order valence-corrected chi connectivity index (χ1v) is 7.47. The zero-order valence-corrected chi connectivity index (χ0v) is 13.3. The van der Waals surface area contributed by atoms with Crippen molar-refractivity contribution in [3.05, 3.63) is 31.8 Å². The second-order valence-corrected chi connectivity index (χ2v) is 6.11. The fraction of sp³-hybridized carbons (Fsp3) is 0.417. The van der Waals surface area contributed by atoms with Gasteiger partial charge >= 0.3 is 0 Å². The van der Waals surface area contributed by atoms with Gasteiger partial charge in [0.1, 0.15) is 0 Å². The highest BCUT2D eigenvalue weighted by atomic mass is 127. The smallest absolute Gasteiger partial charge is 0.255 e. The van der Waals surface area contributed by atoms with Crippen molar-refractivity contribution in [2.75, 3.05) is 19.6 Å². The number of rotatable bonds is 3. The Morgan fingerprint density at radius 1 is 1.59 bits per heavy atom. The zero-order valence-electron chi connectivity index (χ0n) is 9.54. The van der Waals surface area contributed by atoms with Gasteiger partial charge in [-0.3, -0.25) is 4.79 Å². The number of carbonyl (C=O) groups is 1. The van der Waals surface area contributed by atoms with E-state index >= 15 is 0 Å². The van der Waals surface area contributed by atoms with Gasteiger partial charge in [0.2, 0.25) is 0 Å². The summed E-state index contributed by atoms with van der Waals surface area (Å²) in [5, 5.41) is 3.20. The van der Waals surface area contributed by atoms with Gasteiger partial charge in [0.25, 0.3) is 5.91 Å². The average Bonchev–Trinajstić information content (AvgIpc) is 2.25. The first kappa shape index (κ1) is 13.3. The molecule has 0 saturated carbocycles. The molecule has 0 atom stereocenters. The fourth-order valence-corrected chi connectivity index (χ4v) is 2.80. The van der Waals surface area contributed by atoms with Gasteiger partial charge in [0.05, 0.1) is 11.6 Å². The van der Waals surface area contributed by atoms with E-state index in [1.807, 2.05) is 30.0 Å². The lowest BCUT2D eigenvalue weighted by atomic mass is 10.1. The molecule has 0 bridgehead atoms. The molecule has 5 heteroatoms. The average molecular weight is 409 g/mol. The number of amides is 1.